The Bertz CT molecular complexity index is 418. The molecule has 4 atom stereocenters. The number of ether oxygens (including phenoxy) is 2. The van der Waals surface area contributed by atoms with Crippen molar-refractivity contribution in [1.82, 2.24) is 4.90 Å². The fourth-order valence-electron chi connectivity index (χ4n) is 4.12. The van der Waals surface area contributed by atoms with E-state index in [1.165, 1.54) is 19.3 Å². The van der Waals surface area contributed by atoms with Crippen molar-refractivity contribution in [2.75, 3.05) is 19.8 Å². The van der Waals surface area contributed by atoms with Gasteiger partial charge < -0.3 is 14.4 Å². The van der Waals surface area contributed by atoms with E-state index in [9.17, 15) is 4.79 Å². The Morgan fingerprint density at radius 1 is 1.30 bits per heavy atom. The minimum absolute atomic E-state index is 0.0705. The molecule has 0 unspecified atom stereocenters. The predicted molar refractivity (Wildman–Crippen MR) is 74.2 cm³/mol. The van der Waals surface area contributed by atoms with Gasteiger partial charge >= 0.3 is 0 Å². The highest BCUT2D eigenvalue weighted by Gasteiger charge is 2.50. The van der Waals surface area contributed by atoms with Crippen molar-refractivity contribution in [3.05, 3.63) is 0 Å². The summed E-state index contributed by atoms with van der Waals surface area (Å²) >= 11 is 0. The van der Waals surface area contributed by atoms with Gasteiger partial charge in [0, 0.05) is 13.0 Å². The quantitative estimate of drug-likeness (QED) is 0.791. The van der Waals surface area contributed by atoms with E-state index in [0.29, 0.717) is 31.6 Å². The van der Waals surface area contributed by atoms with Gasteiger partial charge in [-0.25, -0.2) is 0 Å². The van der Waals surface area contributed by atoms with Gasteiger partial charge in [-0.15, -0.1) is 0 Å². The molecular formula is C16H25NO3. The lowest BCUT2D eigenvalue weighted by Crippen LogP contribution is -2.60. The minimum Gasteiger partial charge on any atom is -0.376 e. The maximum absolute atomic E-state index is 12.7. The van der Waals surface area contributed by atoms with E-state index in [2.05, 4.69) is 18.7 Å². The number of amides is 1. The highest BCUT2D eigenvalue weighted by atomic mass is 16.6. The van der Waals surface area contributed by atoms with Crippen LogP contribution in [-0.2, 0) is 14.3 Å². The molecule has 4 fully saturated rings. The van der Waals surface area contributed by atoms with Crippen molar-refractivity contribution in [2.45, 2.75) is 57.3 Å². The van der Waals surface area contributed by atoms with Gasteiger partial charge in [-0.1, -0.05) is 0 Å². The highest BCUT2D eigenvalue weighted by Crippen LogP contribution is 2.55. The van der Waals surface area contributed by atoms with E-state index >= 15 is 0 Å². The van der Waals surface area contributed by atoms with E-state index < -0.39 is 0 Å². The van der Waals surface area contributed by atoms with Gasteiger partial charge in [0.15, 0.2) is 0 Å². The number of nitrogens with zero attached hydrogens (tertiary/aromatic N) is 1. The Hall–Kier alpha value is -0.610. The maximum atomic E-state index is 12.7. The highest BCUT2D eigenvalue weighted by molar-refractivity contribution is 5.77. The second kappa shape index (κ2) is 4.44. The van der Waals surface area contributed by atoms with Crippen LogP contribution in [0.4, 0.5) is 0 Å². The van der Waals surface area contributed by atoms with E-state index in [1.807, 2.05) is 0 Å². The summed E-state index contributed by atoms with van der Waals surface area (Å²) in [5.41, 5.74) is -0.246. The molecule has 1 amide bonds. The second-order valence-electron chi connectivity index (χ2n) is 7.74. The number of carbonyl (C=O) groups excluding carboxylic acids is 1. The summed E-state index contributed by atoms with van der Waals surface area (Å²) in [7, 11) is 0. The third-order valence-electron chi connectivity index (χ3n) is 5.38. The van der Waals surface area contributed by atoms with Crippen molar-refractivity contribution in [2.24, 2.45) is 17.8 Å². The SMILES string of the molecule is CC1(C)CN(C(=O)C[C@@H]2C[C@H]2C2CC2)[C@@H]2COC[C@H]2O1. The van der Waals surface area contributed by atoms with Gasteiger partial charge in [-0.2, -0.15) is 0 Å². The monoisotopic (exact) mass is 279 g/mol. The Morgan fingerprint density at radius 2 is 2.10 bits per heavy atom. The molecule has 0 aromatic rings. The van der Waals surface area contributed by atoms with Gasteiger partial charge in [0.1, 0.15) is 6.10 Å². The van der Waals surface area contributed by atoms with Gasteiger partial charge in [-0.05, 0) is 50.9 Å². The summed E-state index contributed by atoms with van der Waals surface area (Å²) in [5.74, 6) is 2.82. The van der Waals surface area contributed by atoms with Gasteiger partial charge in [0.2, 0.25) is 5.91 Å². The summed E-state index contributed by atoms with van der Waals surface area (Å²) < 4.78 is 11.6. The lowest BCUT2D eigenvalue weighted by Gasteiger charge is -2.45. The van der Waals surface area contributed by atoms with Crippen molar-refractivity contribution >= 4 is 5.91 Å². The molecule has 0 N–H and O–H groups in total. The Balaban J connectivity index is 1.41. The number of fused-ring (bicyclic) bond motifs is 1. The van der Waals surface area contributed by atoms with Crippen LogP contribution in [0.25, 0.3) is 0 Å². The first-order valence-electron chi connectivity index (χ1n) is 8.08. The smallest absolute Gasteiger partial charge is 0.223 e. The van der Waals surface area contributed by atoms with E-state index in [4.69, 9.17) is 9.47 Å². The average Bonchev–Trinajstić information content (AvgIpc) is 3.25. The van der Waals surface area contributed by atoms with E-state index in [1.54, 1.807) is 0 Å². The summed E-state index contributed by atoms with van der Waals surface area (Å²) in [6, 6.07) is 0.147. The van der Waals surface area contributed by atoms with Crippen LogP contribution >= 0.6 is 0 Å². The number of morpholine rings is 1. The lowest BCUT2D eigenvalue weighted by molar-refractivity contribution is -0.169. The molecule has 0 spiro atoms. The lowest BCUT2D eigenvalue weighted by atomic mass is 10.00. The van der Waals surface area contributed by atoms with Crippen molar-refractivity contribution in [1.29, 1.82) is 0 Å². The van der Waals surface area contributed by atoms with E-state index in [-0.39, 0.29) is 17.7 Å². The molecule has 2 aliphatic carbocycles. The molecule has 2 heterocycles. The van der Waals surface area contributed by atoms with Crippen molar-refractivity contribution < 1.29 is 14.3 Å². The first kappa shape index (κ1) is 13.1. The molecule has 20 heavy (non-hydrogen) atoms. The third kappa shape index (κ3) is 2.37. The number of carbonyl (C=O) groups is 1. The summed E-state index contributed by atoms with van der Waals surface area (Å²) in [6.45, 7) is 6.13. The Labute approximate surface area is 120 Å². The fourth-order valence-corrected chi connectivity index (χ4v) is 4.12. The van der Waals surface area contributed by atoms with Crippen LogP contribution in [0.1, 0.15) is 39.5 Å². The average molecular weight is 279 g/mol. The molecule has 4 nitrogen and oxygen atoms in total. The van der Waals surface area contributed by atoms with Crippen molar-refractivity contribution in [3.63, 3.8) is 0 Å². The largest absolute Gasteiger partial charge is 0.376 e. The zero-order chi connectivity index (χ0) is 13.9. The molecule has 4 heteroatoms. The molecule has 4 rings (SSSR count). The maximum Gasteiger partial charge on any atom is 0.223 e. The summed E-state index contributed by atoms with van der Waals surface area (Å²) in [6.07, 6.45) is 4.91. The molecule has 0 aromatic heterocycles. The zero-order valence-corrected chi connectivity index (χ0v) is 12.5. The van der Waals surface area contributed by atoms with Crippen LogP contribution in [0.15, 0.2) is 0 Å². The van der Waals surface area contributed by atoms with E-state index in [0.717, 1.165) is 18.3 Å². The molecule has 2 saturated carbocycles. The molecule has 0 aromatic carbocycles. The fraction of sp³-hybridized carbons (Fsp3) is 0.938. The molecular weight excluding hydrogens is 254 g/mol. The van der Waals surface area contributed by atoms with Crippen LogP contribution in [-0.4, -0.2) is 48.3 Å². The van der Waals surface area contributed by atoms with Crippen LogP contribution in [0.3, 0.4) is 0 Å². The zero-order valence-electron chi connectivity index (χ0n) is 12.5. The first-order chi connectivity index (χ1) is 9.53. The molecule has 4 aliphatic rings. The topological polar surface area (TPSA) is 38.8 Å². The molecule has 0 radical (unpaired) electrons. The van der Waals surface area contributed by atoms with Crippen LogP contribution < -0.4 is 0 Å². The Morgan fingerprint density at radius 3 is 2.85 bits per heavy atom. The van der Waals surface area contributed by atoms with Crippen LogP contribution in [0.2, 0.25) is 0 Å². The Kier molecular flexibility index (Phi) is 2.90. The minimum atomic E-state index is -0.246. The number of hydrogen-bond acceptors (Lipinski definition) is 3. The third-order valence-corrected chi connectivity index (χ3v) is 5.38. The second-order valence-corrected chi connectivity index (χ2v) is 7.74. The number of rotatable bonds is 3. The molecule has 2 saturated heterocycles. The van der Waals surface area contributed by atoms with Gasteiger partial charge in [0.25, 0.3) is 0 Å². The molecule has 2 aliphatic heterocycles. The molecule has 112 valence electrons. The van der Waals surface area contributed by atoms with Crippen molar-refractivity contribution in [3.8, 4) is 0 Å². The number of hydrogen-bond donors (Lipinski definition) is 0. The normalized spacial score (nSPS) is 42.4. The predicted octanol–water partition coefficient (Wildman–Crippen LogP) is 1.83. The van der Waals surface area contributed by atoms with Crippen LogP contribution in [0, 0.1) is 17.8 Å². The molecule has 0 bridgehead atoms. The van der Waals surface area contributed by atoms with Gasteiger partial charge in [0.05, 0.1) is 24.9 Å². The standard InChI is InChI=1S/C16H25NO3/c1-16(2)9-17(13-7-19-8-14(13)20-16)15(18)6-11-5-12(11)10-3-4-10/h10-14H,3-9H2,1-2H3/t11-,12-,13+,14+/m0/s1. The van der Waals surface area contributed by atoms with Gasteiger partial charge in [-0.3, -0.25) is 4.79 Å². The van der Waals surface area contributed by atoms with Crippen LogP contribution in [0.5, 0.6) is 0 Å². The summed E-state index contributed by atoms with van der Waals surface area (Å²) in [5, 5.41) is 0. The summed E-state index contributed by atoms with van der Waals surface area (Å²) in [4.78, 5) is 14.7. The first-order valence-corrected chi connectivity index (χ1v) is 8.08.